The first-order valence-electron chi connectivity index (χ1n) is 15.3. The number of imidazole rings is 2. The zero-order valence-electron chi connectivity index (χ0n) is 27.4. The predicted molar refractivity (Wildman–Crippen MR) is 165 cm³/mol. The van der Waals surface area contributed by atoms with Gasteiger partial charge in [0, 0.05) is 27.7 Å². The zero-order valence-corrected chi connectivity index (χ0v) is 27.4. The van der Waals surface area contributed by atoms with E-state index < -0.39 is 67.8 Å². The molecule has 0 saturated carbocycles. The molecule has 2 unspecified atom stereocenters. The van der Waals surface area contributed by atoms with Gasteiger partial charge < -0.3 is 34.7 Å². The van der Waals surface area contributed by atoms with Crippen LogP contribution in [0.5, 0.6) is 0 Å². The minimum Gasteiger partial charge on any atom is -0.454 e. The van der Waals surface area contributed by atoms with E-state index in [1.54, 1.807) is 6.92 Å². The van der Waals surface area contributed by atoms with Gasteiger partial charge in [0.05, 0.1) is 25.4 Å². The van der Waals surface area contributed by atoms with Gasteiger partial charge in [0.2, 0.25) is 11.8 Å². The molecule has 6 rings (SSSR count). The van der Waals surface area contributed by atoms with E-state index >= 15 is 0 Å². The van der Waals surface area contributed by atoms with E-state index in [1.165, 1.54) is 55.2 Å². The van der Waals surface area contributed by atoms with Gasteiger partial charge in [0.15, 0.2) is 71.0 Å². The molecule has 8 atom stereocenters. The van der Waals surface area contributed by atoms with Crippen LogP contribution in [0.2, 0.25) is 0 Å². The summed E-state index contributed by atoms with van der Waals surface area (Å²) in [6.45, 7) is 6.25. The number of hydrogen-bond donors (Lipinski definition) is 3. The van der Waals surface area contributed by atoms with E-state index in [4.69, 9.17) is 18.9 Å². The molecule has 6 heterocycles. The molecule has 0 radical (unpaired) electrons. The van der Waals surface area contributed by atoms with Gasteiger partial charge in [0.1, 0.15) is 18.8 Å². The number of alkyl halides is 2. The number of fused-ring (bicyclic) bond motifs is 2. The fourth-order valence-corrected chi connectivity index (χ4v) is 5.54. The average molecular weight is 705 g/mol. The second-order valence-corrected chi connectivity index (χ2v) is 11.2. The molecule has 268 valence electrons. The first kappa shape index (κ1) is 36.0. The van der Waals surface area contributed by atoms with E-state index in [0.29, 0.717) is 17.6 Å². The number of aromatic nitrogens is 8. The van der Waals surface area contributed by atoms with Crippen molar-refractivity contribution in [3.05, 3.63) is 25.3 Å². The summed E-state index contributed by atoms with van der Waals surface area (Å²) >= 11 is 0. The van der Waals surface area contributed by atoms with Crippen molar-refractivity contribution in [1.29, 1.82) is 0 Å². The molecule has 3 N–H and O–H groups in total. The number of aliphatic hydroxyl groups is 1. The van der Waals surface area contributed by atoms with Crippen LogP contribution < -0.4 is 10.6 Å². The van der Waals surface area contributed by atoms with Gasteiger partial charge in [-0.05, 0) is 6.42 Å². The topological polar surface area (TPSA) is 237 Å². The van der Waals surface area contributed by atoms with Crippen LogP contribution in [0, 0.1) is 0 Å². The number of halogens is 2. The first-order valence-corrected chi connectivity index (χ1v) is 15.3. The van der Waals surface area contributed by atoms with Crippen molar-refractivity contribution in [2.75, 3.05) is 17.2 Å². The predicted octanol–water partition coefficient (Wildman–Crippen LogP) is 1.31. The highest BCUT2D eigenvalue weighted by molar-refractivity contribution is 5.96. The van der Waals surface area contributed by atoms with Crippen LogP contribution in [-0.4, -0.2) is 111 Å². The summed E-state index contributed by atoms with van der Waals surface area (Å²) in [7, 11) is 0. The van der Waals surface area contributed by atoms with Crippen LogP contribution >= 0.6 is 0 Å². The van der Waals surface area contributed by atoms with E-state index in [2.05, 4.69) is 40.5 Å². The normalized spacial score (nSPS) is 25.9. The van der Waals surface area contributed by atoms with Crippen LogP contribution in [0.25, 0.3) is 22.3 Å². The smallest absolute Gasteiger partial charge is 0.303 e. The fraction of sp³-hybridized carbons (Fsp3) is 0.517. The molecule has 19 nitrogen and oxygen atoms in total. The number of anilines is 2. The maximum atomic E-state index is 14.6. The lowest BCUT2D eigenvalue weighted by Crippen LogP contribution is -2.33. The van der Waals surface area contributed by atoms with Crippen LogP contribution in [0.15, 0.2) is 25.3 Å². The van der Waals surface area contributed by atoms with Gasteiger partial charge in [-0.2, -0.15) is 0 Å². The Balaban J connectivity index is 0.000000194. The summed E-state index contributed by atoms with van der Waals surface area (Å²) in [6, 6.07) is 0. The Morgan fingerprint density at radius 1 is 0.740 bits per heavy atom. The number of hydrogen-bond acceptors (Lipinski definition) is 15. The van der Waals surface area contributed by atoms with Crippen molar-refractivity contribution in [3.63, 3.8) is 0 Å². The molecule has 0 aromatic carbocycles. The molecule has 0 bridgehead atoms. The third kappa shape index (κ3) is 7.33. The van der Waals surface area contributed by atoms with Crippen LogP contribution in [0.4, 0.5) is 20.4 Å². The van der Waals surface area contributed by atoms with Crippen molar-refractivity contribution in [2.45, 2.75) is 90.3 Å². The lowest BCUT2D eigenvalue weighted by Gasteiger charge is -2.20. The molecule has 4 aromatic heterocycles. The van der Waals surface area contributed by atoms with Crippen LogP contribution in [0.3, 0.4) is 0 Å². The highest BCUT2D eigenvalue weighted by Gasteiger charge is 2.49. The summed E-state index contributed by atoms with van der Waals surface area (Å²) < 4.78 is 53.2. The zero-order chi connectivity index (χ0) is 36.3. The molecular formula is C29H34F2N10O9. The molecule has 50 heavy (non-hydrogen) atoms. The number of nitrogens with zero attached hydrogens (tertiary/aromatic N) is 8. The van der Waals surface area contributed by atoms with Crippen LogP contribution in [-0.2, 0) is 38.1 Å². The highest BCUT2D eigenvalue weighted by Crippen LogP contribution is 2.38. The van der Waals surface area contributed by atoms with Crippen molar-refractivity contribution in [1.82, 2.24) is 39.0 Å². The number of nitrogens with one attached hydrogen (secondary N) is 2. The lowest BCUT2D eigenvalue weighted by atomic mass is 10.1. The molecule has 4 aromatic rings. The molecular weight excluding hydrogens is 670 g/mol. The summed E-state index contributed by atoms with van der Waals surface area (Å²) in [4.78, 5) is 69.6. The second-order valence-electron chi connectivity index (χ2n) is 11.2. The SMILES string of the molecule is CC(=O)Nc1ncnc2c1ncn2[C@@H]1O[C@H](CO)[C@H](F)C1OC(C)=O.CC[C@H]1O[C@@H](n2cnc3c(NC(C)=O)ncnc32)C(OC(C)=O)[C@H]1F. The standard InChI is InChI=1S/C15H18FN5O4.C14H16FN5O5/c1-4-9-10(16)12(24-8(3)23)15(25-9)21-6-19-11-13(20-7(2)22)17-5-18-14(11)21;1-6(22)19-12-10-13(17-4-16-12)20(5-18-10)14-11(24-7(2)23)9(15)8(3-21)25-14/h5-6,9-10,12,15H,4H2,1-3H3,(H,17,18,20,22);4-5,8-9,11,14,21H,3H2,1-2H3,(H,16,17,19,22)/t9-,10+,12?,15-;8-,9+,11?,14-/m11/s1. The molecule has 2 saturated heterocycles. The Morgan fingerprint density at radius 3 is 1.54 bits per heavy atom. The fourth-order valence-electron chi connectivity index (χ4n) is 5.54. The number of amides is 2. The molecule has 2 amide bonds. The van der Waals surface area contributed by atoms with Gasteiger partial charge >= 0.3 is 11.9 Å². The summed E-state index contributed by atoms with van der Waals surface area (Å²) in [5.41, 5.74) is 1.19. The maximum Gasteiger partial charge on any atom is 0.303 e. The van der Waals surface area contributed by atoms with E-state index in [-0.39, 0.29) is 34.6 Å². The number of esters is 2. The monoisotopic (exact) mass is 704 g/mol. The maximum absolute atomic E-state index is 14.6. The van der Waals surface area contributed by atoms with Crippen molar-refractivity contribution < 1.29 is 52.0 Å². The summed E-state index contributed by atoms with van der Waals surface area (Å²) in [5.74, 6) is -1.50. The summed E-state index contributed by atoms with van der Waals surface area (Å²) in [5, 5.41) is 14.3. The Kier molecular flexibility index (Phi) is 10.9. The second kappa shape index (κ2) is 15.1. The largest absolute Gasteiger partial charge is 0.454 e. The molecule has 2 aliphatic rings. The first-order chi connectivity index (χ1) is 23.8. The van der Waals surface area contributed by atoms with Crippen LogP contribution in [0.1, 0.15) is 53.5 Å². The minimum atomic E-state index is -1.71. The van der Waals surface area contributed by atoms with Crippen molar-refractivity contribution >= 4 is 57.7 Å². The molecule has 0 aliphatic carbocycles. The van der Waals surface area contributed by atoms with E-state index in [0.717, 1.165) is 6.92 Å². The van der Waals surface area contributed by atoms with Gasteiger partial charge in [-0.1, -0.05) is 6.92 Å². The van der Waals surface area contributed by atoms with E-state index in [9.17, 15) is 33.1 Å². The van der Waals surface area contributed by atoms with Gasteiger partial charge in [0.25, 0.3) is 0 Å². The third-order valence-corrected chi connectivity index (χ3v) is 7.57. The highest BCUT2D eigenvalue weighted by atomic mass is 19.1. The quantitative estimate of drug-likeness (QED) is 0.219. The van der Waals surface area contributed by atoms with Crippen molar-refractivity contribution in [2.24, 2.45) is 0 Å². The average Bonchev–Trinajstić information content (AvgIpc) is 3.82. The van der Waals surface area contributed by atoms with E-state index in [1.807, 2.05) is 0 Å². The Morgan fingerprint density at radius 2 is 1.16 bits per heavy atom. The lowest BCUT2D eigenvalue weighted by molar-refractivity contribution is -0.154. The Bertz CT molecular complexity index is 1760. The Labute approximate surface area is 281 Å². The van der Waals surface area contributed by atoms with Crippen molar-refractivity contribution in [3.8, 4) is 0 Å². The number of carbonyl (C=O) groups excluding carboxylic acids is 4. The third-order valence-electron chi connectivity index (χ3n) is 7.57. The summed E-state index contributed by atoms with van der Waals surface area (Å²) in [6.07, 6.45) is -3.79. The Hall–Kier alpha value is -5.28. The van der Waals surface area contributed by atoms with Gasteiger partial charge in [-0.15, -0.1) is 0 Å². The molecule has 2 aliphatic heterocycles. The number of aliphatic hydroxyl groups excluding tert-OH is 1. The van der Waals surface area contributed by atoms with Gasteiger partial charge in [-0.3, -0.25) is 28.3 Å². The molecule has 0 spiro atoms. The minimum absolute atomic E-state index is 0.189. The number of rotatable bonds is 8. The number of ether oxygens (including phenoxy) is 4. The van der Waals surface area contributed by atoms with Gasteiger partial charge in [-0.25, -0.2) is 38.7 Å². The molecule has 2 fully saturated rings. The molecule has 21 heteroatoms. The number of carbonyl (C=O) groups is 4.